The molecule has 1 unspecified atom stereocenters. The Bertz CT molecular complexity index is 3380. The first-order valence-corrected chi connectivity index (χ1v) is 40.7. The average molecular weight is 1880 g/mol. The van der Waals surface area contributed by atoms with Crippen LogP contribution in [0.3, 0.4) is 0 Å². The highest BCUT2D eigenvalue weighted by atomic mass is 16.8. The molecular weight excluding hydrogens is 1760 g/mol. The summed E-state index contributed by atoms with van der Waals surface area (Å²) in [6.45, 7) is -10.7. The zero-order valence-corrected chi connectivity index (χ0v) is 67.7. The number of ether oxygens (including phenoxy) is 21. The first-order valence-electron chi connectivity index (χ1n) is 40.7. The van der Waals surface area contributed by atoms with Crippen LogP contribution in [-0.4, -0.2) is 591 Å². The highest BCUT2D eigenvalue weighted by molar-refractivity contribution is 5.73. The maximum absolute atomic E-state index is 13.1. The molecule has 0 aromatic heterocycles. The third-order valence-electron chi connectivity index (χ3n) is 23.8. The van der Waals surface area contributed by atoms with Crippen LogP contribution in [0.5, 0.6) is 0 Å². The first-order chi connectivity index (χ1) is 60.7. The summed E-state index contributed by atoms with van der Waals surface area (Å²) >= 11 is 0. The molecule has 11 heterocycles. The number of rotatable bonds is 33. The molecule has 11 fully saturated rings. The van der Waals surface area contributed by atoms with Gasteiger partial charge >= 0.3 is 0 Å². The average Bonchev–Trinajstić information content (AvgIpc) is 0.693. The monoisotopic (exact) mass is 1880 g/mol. The normalized spacial score (nSPS) is 51.7. The number of hydrogen-bond donors (Lipinski definition) is 35. The minimum Gasteiger partial charge on any atom is -0.394 e. The molecule has 0 saturated carbocycles. The molecule has 55 atom stereocenters. The number of amides is 2. The molecule has 11 rings (SSSR count). The van der Waals surface area contributed by atoms with E-state index in [-0.39, 0.29) is 0 Å². The smallest absolute Gasteiger partial charge is 0.217 e. The maximum atomic E-state index is 13.1. The van der Waals surface area contributed by atoms with Crippen LogP contribution in [0.15, 0.2) is 0 Å². The Hall–Kier alpha value is -3.22. The second kappa shape index (κ2) is 45.8. The molecule has 11 aliphatic heterocycles. The third kappa shape index (κ3) is 22.5. The van der Waals surface area contributed by atoms with Crippen LogP contribution in [0, 0.1) is 0 Å². The predicted octanol–water partition coefficient (Wildman–Crippen LogP) is -24.7. The lowest BCUT2D eigenvalue weighted by molar-refractivity contribution is -0.413. The van der Waals surface area contributed by atoms with E-state index < -0.39 is 422 Å². The van der Waals surface area contributed by atoms with Crippen molar-refractivity contribution in [2.75, 3.05) is 72.7 Å². The summed E-state index contributed by atoms with van der Waals surface area (Å²) in [5.41, 5.74) is 0. The van der Waals surface area contributed by atoms with Crippen LogP contribution in [0.25, 0.3) is 0 Å². The fourth-order valence-corrected chi connectivity index (χ4v) is 16.5. The molecule has 0 aromatic rings. The predicted molar refractivity (Wildman–Crippen MR) is 386 cm³/mol. The molecular formula is C70H118N2O56. The molecule has 0 spiro atoms. The number of carbonyl (C=O) groups excluding carboxylic acids is 2. The molecule has 11 aliphatic rings. The molecule has 35 N–H and O–H groups in total. The summed E-state index contributed by atoms with van der Waals surface area (Å²) in [5, 5.41) is 373. The van der Waals surface area contributed by atoms with Crippen molar-refractivity contribution in [2.24, 2.45) is 0 Å². The van der Waals surface area contributed by atoms with Gasteiger partial charge in [0.25, 0.3) is 0 Å². The van der Waals surface area contributed by atoms with E-state index in [1.807, 2.05) is 0 Å². The minimum absolute atomic E-state index is 0.814. The van der Waals surface area contributed by atoms with Crippen molar-refractivity contribution in [3.8, 4) is 0 Å². The summed E-state index contributed by atoms with van der Waals surface area (Å²) in [6.07, 6.45) is -117. The van der Waals surface area contributed by atoms with Crippen LogP contribution in [0.1, 0.15) is 13.8 Å². The zero-order chi connectivity index (χ0) is 94.0. The second-order valence-corrected chi connectivity index (χ2v) is 32.3. The molecule has 744 valence electrons. The maximum Gasteiger partial charge on any atom is 0.217 e. The van der Waals surface area contributed by atoms with Gasteiger partial charge in [-0.05, 0) is 0 Å². The van der Waals surface area contributed by atoms with Crippen LogP contribution < -0.4 is 10.6 Å². The van der Waals surface area contributed by atoms with Crippen LogP contribution >= 0.6 is 0 Å². The summed E-state index contributed by atoms with van der Waals surface area (Å²) in [6, 6.07) is -3.66. The van der Waals surface area contributed by atoms with Crippen LogP contribution in [-0.2, 0) is 109 Å². The molecule has 58 heteroatoms. The molecule has 128 heavy (non-hydrogen) atoms. The number of aliphatic hydroxyl groups excluding tert-OH is 33. The quantitative estimate of drug-likeness (QED) is 0.0290. The van der Waals surface area contributed by atoms with Gasteiger partial charge in [-0.15, -0.1) is 0 Å². The summed E-state index contributed by atoms with van der Waals surface area (Å²) < 4.78 is 123. The zero-order valence-electron chi connectivity index (χ0n) is 67.7. The van der Waals surface area contributed by atoms with E-state index in [9.17, 15) is 178 Å². The Morgan fingerprint density at radius 3 is 0.820 bits per heavy atom. The Morgan fingerprint density at radius 2 is 0.430 bits per heavy atom. The van der Waals surface area contributed by atoms with Crippen LogP contribution in [0.2, 0.25) is 0 Å². The van der Waals surface area contributed by atoms with E-state index in [1.54, 1.807) is 0 Å². The van der Waals surface area contributed by atoms with Crippen molar-refractivity contribution in [2.45, 2.75) is 351 Å². The van der Waals surface area contributed by atoms with Crippen molar-refractivity contribution < 1.29 is 278 Å². The van der Waals surface area contributed by atoms with Gasteiger partial charge in [0.05, 0.1) is 72.7 Å². The fourth-order valence-electron chi connectivity index (χ4n) is 16.5. The van der Waals surface area contributed by atoms with Gasteiger partial charge in [0.2, 0.25) is 11.8 Å². The molecule has 0 aromatic carbocycles. The van der Waals surface area contributed by atoms with E-state index in [1.165, 1.54) is 0 Å². The lowest BCUT2D eigenvalue weighted by Crippen LogP contribution is -2.70. The first kappa shape index (κ1) is 105. The summed E-state index contributed by atoms with van der Waals surface area (Å²) in [5.74, 6) is -1.79. The second-order valence-electron chi connectivity index (χ2n) is 32.3. The summed E-state index contributed by atoms with van der Waals surface area (Å²) in [7, 11) is 0. The minimum atomic E-state index is -2.73. The number of carbonyl (C=O) groups is 2. The van der Waals surface area contributed by atoms with E-state index in [0.29, 0.717) is 0 Å². The third-order valence-corrected chi connectivity index (χ3v) is 23.8. The van der Waals surface area contributed by atoms with Crippen molar-refractivity contribution >= 4 is 11.8 Å². The number of aliphatic hydroxyl groups is 33. The standard InChI is InChI=1S/C70H118N2O56/c1-14(82)71-27-38(93)52(23(10-80)110-60(27)107)121-61-28(72-15(2)83)39(94)53(24(11-81)118-61)122-67-51(106)56(37(92)26(119-67)13-108-62-46(101)40(95)29(84)16(3-73)111-62)125-70-59(45(100)34(89)25(120-70)12-109-68-57(43(98)32(87)19(6-76)116-68)126-64-48(103)42(97)31(86)18(5-75)113-64)128-69-58(44(99)33(88)20(7-77)117-69)127-66-50(105)55(36(91)22(9-79)115-66)124-65-49(104)54(35(90)21(8-78)114-65)123-63-47(102)41(96)30(85)17(4-74)112-63/h16-70,73-81,84-107H,3-13H2,1-2H3,(H,71,82)(H,72,83)/t16-,17-,18-,19-,20-,21-,22-,23-,24-,25-,26-,27-,28-,29-,30-,31-,32-,33-,34-,35-,36-,37-,38-,39-,40+,41+,42+,43+,44+,45+,46+,47-,48+,49-,50+,51+,52-,53-,54+,55+,56+,57+,58+,59+,60?,61+,62+,63-,64-,65-,66-,67+,68+,69-,70-/m1/s1. The Balaban J connectivity index is 0.942. The molecule has 0 bridgehead atoms. The Morgan fingerprint density at radius 1 is 0.203 bits per heavy atom. The lowest BCUT2D eigenvalue weighted by Gasteiger charge is -2.51. The van der Waals surface area contributed by atoms with Gasteiger partial charge in [-0.1, -0.05) is 0 Å². The Labute approximate surface area is 722 Å². The van der Waals surface area contributed by atoms with E-state index in [0.717, 1.165) is 13.8 Å². The topological polar surface area (TPSA) is 920 Å². The number of nitrogens with one attached hydrogen (secondary N) is 2. The van der Waals surface area contributed by atoms with Gasteiger partial charge < -0.3 is 279 Å². The molecule has 58 nitrogen and oxygen atoms in total. The Kier molecular flexibility index (Phi) is 37.7. The van der Waals surface area contributed by atoms with E-state index in [2.05, 4.69) is 10.6 Å². The number of hydrogen-bond acceptors (Lipinski definition) is 56. The SMILES string of the molecule is CC(=O)N[C@H]1[C@H](O[C@H]2[C@H](O)[C@@H](NC(C)=O)C(O)O[C@@H]2CO)O[C@H](CO)[C@@H](O[C@@H]2O[C@H](CO[C@H]3O[C@H](CO)[C@@H](O)[C@H](O)[C@@H]3O)[C@@H](O)[C@H](O[C@H]3O[C@H](CO[C@H]4O[C@H](CO)[C@@H](O)[C@H](O)[C@@H]4O[C@H]4O[C@H](CO)[C@@H](O)[C@H](O)[C@@H]4O)[C@@H](O)[C@H](O)[C@@H]3O[C@H]3O[C@H](CO)[C@@H](O)[C@H](O)[C@@H]3O[C@H]3O[C@H](CO)[C@@H](O)[C@H](O[C@H]4O[C@H](CO)[C@@H](O)[C@H](O[C@H]5O[C@H](CO)[C@@H](O)[C@H](O)[C@H]5O)[C@H]4O)[C@@H]3O)[C@@H]2O)[C@@H]1O. The van der Waals surface area contributed by atoms with Crippen molar-refractivity contribution in [1.82, 2.24) is 10.6 Å². The fraction of sp³-hybridized carbons (Fsp3) is 0.971. The van der Waals surface area contributed by atoms with Gasteiger partial charge in [0.15, 0.2) is 69.2 Å². The lowest BCUT2D eigenvalue weighted by atomic mass is 9.94. The molecule has 0 radical (unpaired) electrons. The van der Waals surface area contributed by atoms with E-state index in [4.69, 9.17) is 99.5 Å². The van der Waals surface area contributed by atoms with Gasteiger partial charge in [-0.2, -0.15) is 0 Å². The highest BCUT2D eigenvalue weighted by Gasteiger charge is 2.63. The van der Waals surface area contributed by atoms with Gasteiger partial charge in [-0.3, -0.25) is 9.59 Å². The summed E-state index contributed by atoms with van der Waals surface area (Å²) in [4.78, 5) is 25.3. The van der Waals surface area contributed by atoms with Gasteiger partial charge in [0, 0.05) is 13.8 Å². The highest BCUT2D eigenvalue weighted by Crippen LogP contribution is 2.42. The molecule has 11 saturated heterocycles. The van der Waals surface area contributed by atoms with Gasteiger partial charge in [-0.25, -0.2) is 0 Å². The van der Waals surface area contributed by atoms with Crippen LogP contribution in [0.4, 0.5) is 0 Å². The van der Waals surface area contributed by atoms with Crippen molar-refractivity contribution in [3.05, 3.63) is 0 Å². The molecule has 2 amide bonds. The van der Waals surface area contributed by atoms with Gasteiger partial charge in [0.1, 0.15) is 268 Å². The molecule has 0 aliphatic carbocycles. The van der Waals surface area contributed by atoms with Crippen molar-refractivity contribution in [3.63, 3.8) is 0 Å². The largest absolute Gasteiger partial charge is 0.394 e. The van der Waals surface area contributed by atoms with Crippen molar-refractivity contribution in [1.29, 1.82) is 0 Å². The van der Waals surface area contributed by atoms with E-state index >= 15 is 0 Å².